The fraction of sp³-hybridized carbons (Fsp3) is 0.545. The second-order valence-corrected chi connectivity index (χ2v) is 5.53. The molecule has 0 bridgehead atoms. The van der Waals surface area contributed by atoms with E-state index in [9.17, 15) is 25.1 Å². The number of carboxylic acid groups (broad SMARTS) is 1. The minimum Gasteiger partial charge on any atom is -0.480 e. The predicted molar refractivity (Wildman–Crippen MR) is 68.2 cm³/mol. The van der Waals surface area contributed by atoms with Gasteiger partial charge in [0, 0.05) is 24.0 Å². The van der Waals surface area contributed by atoms with Gasteiger partial charge in [0.1, 0.15) is 6.04 Å². The van der Waals surface area contributed by atoms with Gasteiger partial charge >= 0.3 is 11.0 Å². The summed E-state index contributed by atoms with van der Waals surface area (Å²) in [5.74, 6) is -1.02. The third-order valence-corrected chi connectivity index (χ3v) is 4.25. The Morgan fingerprint density at radius 1 is 1.47 bits per heavy atom. The molecule has 0 radical (unpaired) electrons. The number of carbonyl (C=O) groups is 1. The number of aliphatic hydroxyl groups is 1. The van der Waals surface area contributed by atoms with Gasteiger partial charge in [-0.05, 0) is 18.9 Å². The molecule has 1 aliphatic heterocycles. The summed E-state index contributed by atoms with van der Waals surface area (Å²) in [6.07, 6.45) is 0.664. The first-order valence-electron chi connectivity index (χ1n) is 5.88. The van der Waals surface area contributed by atoms with Crippen LogP contribution < -0.4 is 0 Å². The second kappa shape index (κ2) is 5.64. The van der Waals surface area contributed by atoms with Gasteiger partial charge in [0.25, 0.3) is 0 Å². The lowest BCUT2D eigenvalue weighted by Crippen LogP contribution is -2.41. The van der Waals surface area contributed by atoms with E-state index < -0.39 is 16.9 Å². The molecule has 2 N–H and O–H groups in total. The first-order chi connectivity index (χ1) is 8.99. The molecule has 0 amide bonds. The molecule has 0 saturated carbocycles. The van der Waals surface area contributed by atoms with E-state index in [0.717, 1.165) is 11.3 Å². The Bertz CT molecular complexity index is 481. The highest BCUT2D eigenvalue weighted by atomic mass is 32.1. The number of rotatable bonds is 4. The quantitative estimate of drug-likeness (QED) is 0.637. The number of hydrogen-bond acceptors (Lipinski definition) is 6. The van der Waals surface area contributed by atoms with Crippen LogP contribution in [-0.2, 0) is 4.79 Å². The van der Waals surface area contributed by atoms with Crippen LogP contribution in [0.3, 0.4) is 0 Å². The molecule has 2 heterocycles. The normalized spacial score (nSPS) is 19.2. The van der Waals surface area contributed by atoms with Gasteiger partial charge in [0.2, 0.25) is 0 Å². The number of carboxylic acids is 1. The fourth-order valence-electron chi connectivity index (χ4n) is 2.19. The van der Waals surface area contributed by atoms with Crippen LogP contribution in [0.1, 0.15) is 23.8 Å². The van der Waals surface area contributed by atoms with Crippen LogP contribution in [-0.4, -0.2) is 45.2 Å². The highest BCUT2D eigenvalue weighted by molar-refractivity contribution is 7.15. The van der Waals surface area contributed by atoms with Gasteiger partial charge in [-0.1, -0.05) is 11.3 Å². The number of nitro groups is 1. The maximum Gasteiger partial charge on any atom is 0.326 e. The number of likely N-dealkylation sites (tertiary alicyclic amines) is 1. The van der Waals surface area contributed by atoms with Gasteiger partial charge in [0.15, 0.2) is 0 Å². The summed E-state index contributed by atoms with van der Waals surface area (Å²) in [6.45, 7) is 0.952. The zero-order valence-corrected chi connectivity index (χ0v) is 10.9. The van der Waals surface area contributed by atoms with Crippen LogP contribution >= 0.6 is 11.3 Å². The number of thiophene rings is 1. The van der Waals surface area contributed by atoms with Gasteiger partial charge in [-0.15, -0.1) is 0 Å². The molecule has 1 saturated heterocycles. The minimum absolute atomic E-state index is 0.0571. The summed E-state index contributed by atoms with van der Waals surface area (Å²) in [7, 11) is 0. The maximum atomic E-state index is 11.4. The van der Waals surface area contributed by atoms with Crippen molar-refractivity contribution < 1.29 is 19.9 Å². The number of aliphatic carboxylic acids is 1. The average molecular weight is 286 g/mol. The summed E-state index contributed by atoms with van der Waals surface area (Å²) in [5, 5.41) is 29.4. The zero-order valence-electron chi connectivity index (χ0n) is 10.1. The van der Waals surface area contributed by atoms with Crippen molar-refractivity contribution in [3.63, 3.8) is 0 Å². The van der Waals surface area contributed by atoms with E-state index in [1.165, 1.54) is 12.1 Å². The van der Waals surface area contributed by atoms with Crippen molar-refractivity contribution in [1.29, 1.82) is 0 Å². The highest BCUT2D eigenvalue weighted by Crippen LogP contribution is 2.33. The molecule has 0 spiro atoms. The van der Waals surface area contributed by atoms with Gasteiger partial charge < -0.3 is 10.2 Å². The van der Waals surface area contributed by atoms with Crippen LogP contribution in [0, 0.1) is 10.1 Å². The zero-order chi connectivity index (χ0) is 14.0. The Balaban J connectivity index is 2.19. The van der Waals surface area contributed by atoms with E-state index in [-0.39, 0.29) is 11.1 Å². The van der Waals surface area contributed by atoms with E-state index in [2.05, 4.69) is 0 Å². The SMILES string of the molecule is O=C(O)C(c1ccc([N+](=O)[O-])s1)N1CCC(O)CC1. The lowest BCUT2D eigenvalue weighted by Gasteiger charge is -2.33. The summed E-state index contributed by atoms with van der Waals surface area (Å²) >= 11 is 0.888. The molecular formula is C11H14N2O5S. The van der Waals surface area contributed by atoms with E-state index >= 15 is 0 Å². The van der Waals surface area contributed by atoms with Crippen molar-refractivity contribution in [1.82, 2.24) is 4.90 Å². The molecule has 104 valence electrons. The van der Waals surface area contributed by atoms with Crippen LogP contribution in [0.15, 0.2) is 12.1 Å². The van der Waals surface area contributed by atoms with Crippen molar-refractivity contribution >= 4 is 22.3 Å². The third kappa shape index (κ3) is 3.09. The Kier molecular flexibility index (Phi) is 4.13. The number of nitrogens with zero attached hydrogens (tertiary/aromatic N) is 2. The summed E-state index contributed by atoms with van der Waals surface area (Å²) in [5.41, 5.74) is 0. The number of hydrogen-bond donors (Lipinski definition) is 2. The largest absolute Gasteiger partial charge is 0.480 e. The van der Waals surface area contributed by atoms with Crippen molar-refractivity contribution in [2.75, 3.05) is 13.1 Å². The van der Waals surface area contributed by atoms with Crippen LogP contribution in [0.25, 0.3) is 0 Å². The molecule has 7 nitrogen and oxygen atoms in total. The Labute approximate surface area is 113 Å². The molecule has 1 unspecified atom stereocenters. The second-order valence-electron chi connectivity index (χ2n) is 4.44. The maximum absolute atomic E-state index is 11.4. The Hall–Kier alpha value is -1.51. The third-order valence-electron chi connectivity index (χ3n) is 3.16. The molecule has 1 aliphatic rings. The van der Waals surface area contributed by atoms with Gasteiger partial charge in [0.05, 0.1) is 11.0 Å². The Morgan fingerprint density at radius 3 is 2.58 bits per heavy atom. The standard InChI is InChI=1S/C11H14N2O5S/c14-7-3-5-12(6-4-7)10(11(15)16)8-1-2-9(19-8)13(17)18/h1-2,7,10,14H,3-6H2,(H,15,16). The van der Waals surface area contributed by atoms with Crippen molar-refractivity contribution in [3.8, 4) is 0 Å². The van der Waals surface area contributed by atoms with E-state index in [1.807, 2.05) is 0 Å². The summed E-state index contributed by atoms with van der Waals surface area (Å²) in [6, 6.07) is 1.95. The van der Waals surface area contributed by atoms with Crippen LogP contribution in [0.4, 0.5) is 5.00 Å². The molecule has 8 heteroatoms. The van der Waals surface area contributed by atoms with E-state index in [1.54, 1.807) is 4.90 Å². The molecule has 1 atom stereocenters. The average Bonchev–Trinajstić information content (AvgIpc) is 2.81. The Morgan fingerprint density at radius 2 is 2.11 bits per heavy atom. The van der Waals surface area contributed by atoms with Crippen molar-refractivity contribution in [2.24, 2.45) is 0 Å². The van der Waals surface area contributed by atoms with Gasteiger partial charge in [-0.2, -0.15) is 0 Å². The smallest absolute Gasteiger partial charge is 0.326 e. The number of piperidine rings is 1. The molecule has 2 rings (SSSR count). The monoisotopic (exact) mass is 286 g/mol. The van der Waals surface area contributed by atoms with Gasteiger partial charge in [-0.3, -0.25) is 19.8 Å². The highest BCUT2D eigenvalue weighted by Gasteiger charge is 2.32. The molecule has 1 aromatic rings. The molecule has 0 aliphatic carbocycles. The molecule has 19 heavy (non-hydrogen) atoms. The fourth-order valence-corrected chi connectivity index (χ4v) is 3.14. The van der Waals surface area contributed by atoms with Crippen molar-refractivity contribution in [3.05, 3.63) is 27.1 Å². The van der Waals surface area contributed by atoms with E-state index in [4.69, 9.17) is 0 Å². The molecule has 1 fully saturated rings. The number of aliphatic hydroxyl groups excluding tert-OH is 1. The predicted octanol–water partition coefficient (Wildman–Crippen LogP) is 1.24. The summed E-state index contributed by atoms with van der Waals surface area (Å²) in [4.78, 5) is 23.7. The van der Waals surface area contributed by atoms with Crippen molar-refractivity contribution in [2.45, 2.75) is 25.0 Å². The first-order valence-corrected chi connectivity index (χ1v) is 6.69. The van der Waals surface area contributed by atoms with Crippen LogP contribution in [0.2, 0.25) is 0 Å². The molecule has 1 aromatic heterocycles. The van der Waals surface area contributed by atoms with Crippen LogP contribution in [0.5, 0.6) is 0 Å². The minimum atomic E-state index is -1.02. The first kappa shape index (κ1) is 13.9. The summed E-state index contributed by atoms with van der Waals surface area (Å²) < 4.78 is 0. The molecular weight excluding hydrogens is 272 g/mol. The lowest BCUT2D eigenvalue weighted by molar-refractivity contribution is -0.380. The van der Waals surface area contributed by atoms with Gasteiger partial charge in [-0.25, -0.2) is 0 Å². The molecule has 0 aromatic carbocycles. The van der Waals surface area contributed by atoms with E-state index in [0.29, 0.717) is 30.8 Å². The topological polar surface area (TPSA) is 104 Å². The lowest BCUT2D eigenvalue weighted by atomic mass is 10.0.